The van der Waals surface area contributed by atoms with Crippen molar-refractivity contribution in [2.75, 3.05) is 5.73 Å². The highest BCUT2D eigenvalue weighted by atomic mass is 16.2. The second-order valence-electron chi connectivity index (χ2n) is 6.51. The quantitative estimate of drug-likeness (QED) is 0.309. The molecule has 0 bridgehead atoms. The Kier molecular flexibility index (Phi) is 4.21. The van der Waals surface area contributed by atoms with Gasteiger partial charge in [-0.15, -0.1) is 0 Å². The van der Waals surface area contributed by atoms with E-state index in [1.165, 1.54) is 13.0 Å². The Labute approximate surface area is 162 Å². The normalized spacial score (nSPS) is 24.7. The highest BCUT2D eigenvalue weighted by molar-refractivity contribution is 6.58. The van der Waals surface area contributed by atoms with Crippen LogP contribution < -0.4 is 27.5 Å². The van der Waals surface area contributed by atoms with Crippen molar-refractivity contribution in [3.8, 4) is 0 Å². The van der Waals surface area contributed by atoms with E-state index in [0.29, 0.717) is 0 Å². The fourth-order valence-electron chi connectivity index (χ4n) is 3.17. The zero-order chi connectivity index (χ0) is 20.5. The average molecular weight is 345 g/mol. The standard InChI is InChI=1S/C14H8B6N4O3/c1-3-22-8-6(5(21)2-4(15)7(8)16)9(25)24(3)14(20)10(17)13(18,19)11(26)23-12(14)27/h2,10H,21H2,1H3,(H,23,26,27). The molecule has 1 aliphatic heterocycles. The van der Waals surface area contributed by atoms with Crippen molar-refractivity contribution in [1.29, 1.82) is 0 Å². The molecular weight excluding hydrogens is 337 g/mol. The number of carbonyl (C=O) groups excluding carboxylic acids is 2. The Morgan fingerprint density at radius 2 is 1.78 bits per heavy atom. The van der Waals surface area contributed by atoms with Crippen LogP contribution in [0.15, 0.2) is 10.9 Å². The number of benzene rings is 1. The number of hydrogen-bond donors (Lipinski definition) is 2. The zero-order valence-electron chi connectivity index (χ0n) is 14.3. The van der Waals surface area contributed by atoms with Crippen LogP contribution in [0.5, 0.6) is 0 Å². The zero-order valence-corrected chi connectivity index (χ0v) is 14.3. The van der Waals surface area contributed by atoms with Gasteiger partial charge in [-0.3, -0.25) is 24.3 Å². The van der Waals surface area contributed by atoms with Crippen LogP contribution in [-0.4, -0.2) is 68.4 Å². The molecule has 2 amide bonds. The van der Waals surface area contributed by atoms with Crippen molar-refractivity contribution in [3.63, 3.8) is 0 Å². The van der Waals surface area contributed by atoms with Gasteiger partial charge in [0.2, 0.25) is 11.8 Å². The van der Waals surface area contributed by atoms with E-state index in [0.717, 1.165) is 4.57 Å². The number of amides is 2. The van der Waals surface area contributed by atoms with Crippen molar-refractivity contribution in [1.82, 2.24) is 14.9 Å². The molecule has 2 aromatic rings. The predicted molar refractivity (Wildman–Crippen MR) is 107 cm³/mol. The maximum Gasteiger partial charge on any atom is 0.263 e. The molecule has 2 unspecified atom stereocenters. The maximum absolute atomic E-state index is 13.2. The largest absolute Gasteiger partial charge is 0.398 e. The van der Waals surface area contributed by atoms with Crippen LogP contribution in [-0.2, 0) is 15.0 Å². The highest BCUT2D eigenvalue weighted by Crippen LogP contribution is 2.45. The number of nitrogen functional groups attached to an aromatic ring is 1. The number of nitrogens with two attached hydrogens (primary N) is 1. The van der Waals surface area contributed by atoms with Gasteiger partial charge in [0.05, 0.1) is 39.9 Å². The minimum Gasteiger partial charge on any atom is -0.398 e. The summed E-state index contributed by atoms with van der Waals surface area (Å²) in [4.78, 5) is 41.9. The summed E-state index contributed by atoms with van der Waals surface area (Å²) in [5, 5.41) is -0.414. The first-order valence-corrected chi connectivity index (χ1v) is 7.70. The lowest BCUT2D eigenvalue weighted by molar-refractivity contribution is -0.138. The van der Waals surface area contributed by atoms with Gasteiger partial charge in [0.15, 0.2) is 0 Å². The van der Waals surface area contributed by atoms with Gasteiger partial charge in [-0.2, -0.15) is 0 Å². The number of imide groups is 1. The molecule has 3 N–H and O–H groups in total. The van der Waals surface area contributed by atoms with Crippen LogP contribution in [0, 0.1) is 6.92 Å². The van der Waals surface area contributed by atoms with E-state index in [9.17, 15) is 14.4 Å². The predicted octanol–water partition coefficient (Wildman–Crippen LogP) is -4.24. The Bertz CT molecular complexity index is 1080. The number of nitrogens with zero attached hydrogens (tertiary/aromatic N) is 2. The van der Waals surface area contributed by atoms with Crippen molar-refractivity contribution in [2.24, 2.45) is 0 Å². The van der Waals surface area contributed by atoms with E-state index >= 15 is 0 Å². The molecule has 1 aliphatic rings. The van der Waals surface area contributed by atoms with Gasteiger partial charge in [-0.05, 0) is 18.2 Å². The van der Waals surface area contributed by atoms with E-state index in [1.807, 2.05) is 5.32 Å². The Morgan fingerprint density at radius 1 is 1.19 bits per heavy atom. The summed E-state index contributed by atoms with van der Waals surface area (Å²) in [6.45, 7) is 1.39. The van der Waals surface area contributed by atoms with E-state index in [2.05, 4.69) is 4.98 Å². The third-order valence-corrected chi connectivity index (χ3v) is 4.76. The van der Waals surface area contributed by atoms with Crippen LogP contribution in [0.3, 0.4) is 0 Å². The van der Waals surface area contributed by atoms with Crippen LogP contribution in [0.25, 0.3) is 10.9 Å². The van der Waals surface area contributed by atoms with E-state index in [-0.39, 0.29) is 33.3 Å². The van der Waals surface area contributed by atoms with Gasteiger partial charge in [0.1, 0.15) is 29.4 Å². The van der Waals surface area contributed by atoms with E-state index in [4.69, 9.17) is 52.8 Å². The average Bonchev–Trinajstić information content (AvgIpc) is 2.56. The van der Waals surface area contributed by atoms with Crippen molar-refractivity contribution in [2.45, 2.75) is 23.4 Å². The number of rotatable bonds is 1. The second-order valence-corrected chi connectivity index (χ2v) is 6.51. The van der Waals surface area contributed by atoms with E-state index in [1.54, 1.807) is 0 Å². The first kappa shape index (κ1) is 19.5. The minimum absolute atomic E-state index is 0.0285. The highest BCUT2D eigenvalue weighted by Gasteiger charge is 2.54. The summed E-state index contributed by atoms with van der Waals surface area (Å²) in [6, 6.07) is 1.28. The fourth-order valence-corrected chi connectivity index (χ4v) is 3.17. The SMILES string of the molecule is [B]c1cc(N)c2c(=O)n(C3([B])C(=O)NC(=O)C([B])([B])C3[B])c(C)nc2c1[B]. The third-order valence-electron chi connectivity index (χ3n) is 4.76. The molecule has 0 saturated carbocycles. The van der Waals surface area contributed by atoms with Gasteiger partial charge < -0.3 is 5.73 Å². The van der Waals surface area contributed by atoms with Crippen molar-refractivity contribution in [3.05, 3.63) is 22.2 Å². The lowest BCUT2D eigenvalue weighted by Gasteiger charge is -2.49. The molecule has 12 radical (unpaired) electrons. The molecule has 13 heteroatoms. The van der Waals surface area contributed by atoms with Crippen LogP contribution in [0.4, 0.5) is 5.69 Å². The lowest BCUT2D eigenvalue weighted by atomic mass is 9.35. The van der Waals surface area contributed by atoms with Gasteiger partial charge >= 0.3 is 0 Å². The summed E-state index contributed by atoms with van der Waals surface area (Å²) in [6.07, 6.45) is 0. The Balaban J connectivity index is 2.43. The minimum atomic E-state index is -2.32. The van der Waals surface area contributed by atoms with Gasteiger partial charge in [0.25, 0.3) is 5.56 Å². The van der Waals surface area contributed by atoms with Crippen LogP contribution in [0.1, 0.15) is 5.82 Å². The van der Waals surface area contributed by atoms with Crippen molar-refractivity contribution < 1.29 is 9.59 Å². The summed E-state index contributed by atoms with van der Waals surface area (Å²) in [5.74, 6) is -3.80. The molecule has 3 rings (SSSR count). The van der Waals surface area contributed by atoms with Gasteiger partial charge in [-0.1, -0.05) is 16.7 Å². The number of aryl methyl sites for hydroxylation is 1. The first-order valence-electron chi connectivity index (χ1n) is 7.70. The summed E-state index contributed by atoms with van der Waals surface area (Å²) in [7, 11) is 35.3. The second kappa shape index (κ2) is 5.84. The monoisotopic (exact) mass is 346 g/mol. The number of fused-ring (bicyclic) bond motifs is 1. The van der Waals surface area contributed by atoms with Crippen LogP contribution >= 0.6 is 0 Å². The Hall–Kier alpha value is -2.31. The summed E-state index contributed by atoms with van der Waals surface area (Å²) < 4.78 is 0.794. The van der Waals surface area contributed by atoms with Crippen LogP contribution in [0.2, 0.25) is 11.0 Å². The van der Waals surface area contributed by atoms with E-state index < -0.39 is 33.8 Å². The molecule has 2 atom stereocenters. The molecular formula is C14H8B6N4O3. The molecule has 7 nitrogen and oxygen atoms in total. The van der Waals surface area contributed by atoms with Crippen molar-refractivity contribution >= 4 is 86.4 Å². The first-order chi connectivity index (χ1) is 12.3. The molecule has 2 heterocycles. The topological polar surface area (TPSA) is 107 Å². The molecule has 1 aromatic heterocycles. The number of hydrogen-bond acceptors (Lipinski definition) is 5. The summed E-state index contributed by atoms with van der Waals surface area (Å²) >= 11 is 0. The molecule has 0 aliphatic carbocycles. The molecule has 1 saturated heterocycles. The maximum atomic E-state index is 13.2. The molecule has 27 heavy (non-hydrogen) atoms. The molecule has 1 fully saturated rings. The number of nitrogens with one attached hydrogen (secondary N) is 1. The Morgan fingerprint density at radius 3 is 2.37 bits per heavy atom. The lowest BCUT2D eigenvalue weighted by Crippen LogP contribution is -2.66. The fraction of sp³-hybridized carbons (Fsp3) is 0.286. The third kappa shape index (κ3) is 2.43. The number of piperidine rings is 1. The summed E-state index contributed by atoms with van der Waals surface area (Å²) in [5.41, 5.74) is 2.95. The van der Waals surface area contributed by atoms with Gasteiger partial charge in [0, 0.05) is 5.69 Å². The molecule has 0 spiro atoms. The number of carbonyl (C=O) groups is 2. The molecule has 120 valence electrons. The van der Waals surface area contributed by atoms with Gasteiger partial charge in [-0.25, -0.2) is 4.98 Å². The number of anilines is 1. The number of aromatic nitrogens is 2. The molecule has 1 aromatic carbocycles. The smallest absolute Gasteiger partial charge is 0.263 e.